The number of aliphatic hydroxyl groups is 1. The smallest absolute Gasteiger partial charge is 0.133 e. The number of hydrogen-bond donors (Lipinski definition) is 2. The lowest BCUT2D eigenvalue weighted by molar-refractivity contribution is 0.210. The third-order valence-corrected chi connectivity index (χ3v) is 2.73. The fourth-order valence-corrected chi connectivity index (χ4v) is 1.49. The Hall–Kier alpha value is -0.640. The first-order valence-electron chi connectivity index (χ1n) is 5.08. The zero-order valence-corrected chi connectivity index (χ0v) is 9.83. The van der Waals surface area contributed by atoms with Crippen LogP contribution < -0.4 is 5.32 Å². The molecule has 0 spiro atoms. The number of halogens is 1. The van der Waals surface area contributed by atoms with Crippen molar-refractivity contribution < 1.29 is 5.11 Å². The Morgan fingerprint density at radius 2 is 2.27 bits per heavy atom. The summed E-state index contributed by atoms with van der Waals surface area (Å²) in [5.74, 6) is 0.394. The topological polar surface area (TPSA) is 45.1 Å². The maximum Gasteiger partial charge on any atom is 0.133 e. The highest BCUT2D eigenvalue weighted by molar-refractivity contribution is 6.30. The van der Waals surface area contributed by atoms with Gasteiger partial charge in [-0.25, -0.2) is 4.98 Å². The second kappa shape index (κ2) is 6.05. The van der Waals surface area contributed by atoms with Gasteiger partial charge in [-0.05, 0) is 12.0 Å². The summed E-state index contributed by atoms with van der Waals surface area (Å²) in [5.41, 5.74) is 0.957. The van der Waals surface area contributed by atoms with Crippen LogP contribution in [0.2, 0.25) is 5.15 Å². The number of nitrogens with zero attached hydrogens (tertiary/aromatic N) is 1. The van der Waals surface area contributed by atoms with Gasteiger partial charge in [-0.1, -0.05) is 31.5 Å². The van der Waals surface area contributed by atoms with Gasteiger partial charge in [-0.15, -0.1) is 0 Å². The highest BCUT2D eigenvalue weighted by Gasteiger charge is 2.11. The summed E-state index contributed by atoms with van der Waals surface area (Å²) in [6.45, 7) is 4.91. The lowest BCUT2D eigenvalue weighted by Crippen LogP contribution is -2.36. The summed E-state index contributed by atoms with van der Waals surface area (Å²) in [4.78, 5) is 3.99. The van der Waals surface area contributed by atoms with Crippen LogP contribution in [-0.4, -0.2) is 22.7 Å². The van der Waals surface area contributed by atoms with Gasteiger partial charge in [0, 0.05) is 24.3 Å². The van der Waals surface area contributed by atoms with E-state index in [0.29, 0.717) is 17.6 Å². The van der Waals surface area contributed by atoms with E-state index in [4.69, 9.17) is 16.7 Å². The second-order valence-electron chi connectivity index (χ2n) is 3.87. The lowest BCUT2D eigenvalue weighted by Gasteiger charge is -2.20. The van der Waals surface area contributed by atoms with Gasteiger partial charge in [0.15, 0.2) is 0 Å². The van der Waals surface area contributed by atoms with Gasteiger partial charge in [-0.3, -0.25) is 0 Å². The standard InChI is InChI=1S/C11H17ClN2O/c1-8(2)10(7-15)14-6-9-4-3-5-13-11(9)12/h3-5,8,10,14-15H,6-7H2,1-2H3/t10-/m1/s1. The number of pyridine rings is 1. The Balaban J connectivity index is 2.53. The molecule has 0 radical (unpaired) electrons. The van der Waals surface area contributed by atoms with Gasteiger partial charge in [0.25, 0.3) is 0 Å². The van der Waals surface area contributed by atoms with Gasteiger partial charge < -0.3 is 10.4 Å². The van der Waals surface area contributed by atoms with Gasteiger partial charge in [0.05, 0.1) is 6.61 Å². The van der Waals surface area contributed by atoms with Gasteiger partial charge in [-0.2, -0.15) is 0 Å². The van der Waals surface area contributed by atoms with Crippen molar-refractivity contribution in [2.45, 2.75) is 26.4 Å². The molecule has 0 amide bonds. The minimum Gasteiger partial charge on any atom is -0.395 e. The highest BCUT2D eigenvalue weighted by atomic mass is 35.5. The molecule has 1 aromatic heterocycles. The van der Waals surface area contributed by atoms with E-state index in [-0.39, 0.29) is 12.6 Å². The molecule has 1 rings (SSSR count). The van der Waals surface area contributed by atoms with Gasteiger partial charge >= 0.3 is 0 Å². The molecule has 0 saturated heterocycles. The van der Waals surface area contributed by atoms with Gasteiger partial charge in [0.2, 0.25) is 0 Å². The predicted molar refractivity (Wildman–Crippen MR) is 61.8 cm³/mol. The SMILES string of the molecule is CC(C)[C@@H](CO)NCc1cccnc1Cl. The van der Waals surface area contributed by atoms with Crippen LogP contribution in [0.15, 0.2) is 18.3 Å². The molecule has 3 nitrogen and oxygen atoms in total. The summed E-state index contributed by atoms with van der Waals surface area (Å²) in [7, 11) is 0. The molecule has 0 unspecified atom stereocenters. The molecule has 1 aromatic rings. The zero-order valence-electron chi connectivity index (χ0n) is 9.07. The number of nitrogens with one attached hydrogen (secondary N) is 1. The zero-order chi connectivity index (χ0) is 11.3. The van der Waals surface area contributed by atoms with Crippen LogP contribution in [0.25, 0.3) is 0 Å². The summed E-state index contributed by atoms with van der Waals surface area (Å²) < 4.78 is 0. The van der Waals surface area contributed by atoms with Crippen molar-refractivity contribution in [3.8, 4) is 0 Å². The van der Waals surface area contributed by atoms with E-state index in [1.807, 2.05) is 12.1 Å². The third kappa shape index (κ3) is 3.78. The van der Waals surface area contributed by atoms with E-state index < -0.39 is 0 Å². The fourth-order valence-electron chi connectivity index (χ4n) is 1.30. The monoisotopic (exact) mass is 228 g/mol. The van der Waals surface area contributed by atoms with Crippen LogP contribution in [0.4, 0.5) is 0 Å². The summed E-state index contributed by atoms with van der Waals surface area (Å²) in [6, 6.07) is 3.88. The molecule has 0 fully saturated rings. The lowest BCUT2D eigenvalue weighted by atomic mass is 10.1. The molecule has 2 N–H and O–H groups in total. The Bertz CT molecular complexity index is 304. The second-order valence-corrected chi connectivity index (χ2v) is 4.23. The van der Waals surface area contributed by atoms with Crippen molar-refractivity contribution in [3.05, 3.63) is 29.0 Å². The molecule has 0 aliphatic heterocycles. The average Bonchev–Trinajstić information content (AvgIpc) is 2.21. The fraction of sp³-hybridized carbons (Fsp3) is 0.545. The molecule has 0 aliphatic carbocycles. The molecule has 4 heteroatoms. The Morgan fingerprint density at radius 1 is 1.53 bits per heavy atom. The Labute approximate surface area is 95.5 Å². The number of aromatic nitrogens is 1. The molecular formula is C11H17ClN2O. The quantitative estimate of drug-likeness (QED) is 0.756. The summed E-state index contributed by atoms with van der Waals surface area (Å²) in [5, 5.41) is 12.9. The molecule has 0 aromatic carbocycles. The number of rotatable bonds is 5. The molecule has 0 saturated carbocycles. The van der Waals surface area contributed by atoms with Crippen LogP contribution in [-0.2, 0) is 6.54 Å². The molecule has 84 valence electrons. The molecule has 1 atom stereocenters. The van der Waals surface area contributed by atoms with Crippen LogP contribution >= 0.6 is 11.6 Å². The first kappa shape index (κ1) is 12.4. The predicted octanol–water partition coefficient (Wildman–Crippen LogP) is 1.84. The van der Waals surface area contributed by atoms with E-state index in [1.54, 1.807) is 6.20 Å². The van der Waals surface area contributed by atoms with Crippen molar-refractivity contribution in [1.82, 2.24) is 10.3 Å². The van der Waals surface area contributed by atoms with E-state index in [0.717, 1.165) is 5.56 Å². The number of aliphatic hydroxyl groups excluding tert-OH is 1. The third-order valence-electron chi connectivity index (χ3n) is 2.39. The largest absolute Gasteiger partial charge is 0.395 e. The average molecular weight is 229 g/mol. The molecule has 0 aliphatic rings. The van der Waals surface area contributed by atoms with Crippen molar-refractivity contribution in [1.29, 1.82) is 0 Å². The number of hydrogen-bond acceptors (Lipinski definition) is 3. The Morgan fingerprint density at radius 3 is 2.80 bits per heavy atom. The van der Waals surface area contributed by atoms with Crippen molar-refractivity contribution in [3.63, 3.8) is 0 Å². The molecular weight excluding hydrogens is 212 g/mol. The normalized spacial score (nSPS) is 13.1. The first-order valence-corrected chi connectivity index (χ1v) is 5.46. The summed E-state index contributed by atoms with van der Waals surface area (Å²) >= 11 is 5.92. The van der Waals surface area contributed by atoms with Crippen LogP contribution in [0.3, 0.4) is 0 Å². The van der Waals surface area contributed by atoms with E-state index in [2.05, 4.69) is 24.1 Å². The van der Waals surface area contributed by atoms with Crippen molar-refractivity contribution >= 4 is 11.6 Å². The molecule has 1 heterocycles. The Kier molecular flexibility index (Phi) is 5.02. The molecule has 0 bridgehead atoms. The first-order chi connectivity index (χ1) is 7.15. The van der Waals surface area contributed by atoms with Crippen LogP contribution in [0, 0.1) is 5.92 Å². The molecule has 15 heavy (non-hydrogen) atoms. The highest BCUT2D eigenvalue weighted by Crippen LogP contribution is 2.11. The maximum absolute atomic E-state index is 9.13. The summed E-state index contributed by atoms with van der Waals surface area (Å²) in [6.07, 6.45) is 1.66. The minimum atomic E-state index is 0.0984. The maximum atomic E-state index is 9.13. The van der Waals surface area contributed by atoms with E-state index in [1.165, 1.54) is 0 Å². The van der Waals surface area contributed by atoms with Crippen molar-refractivity contribution in [2.75, 3.05) is 6.61 Å². The van der Waals surface area contributed by atoms with Crippen LogP contribution in [0.5, 0.6) is 0 Å². The van der Waals surface area contributed by atoms with E-state index >= 15 is 0 Å². The van der Waals surface area contributed by atoms with Crippen molar-refractivity contribution in [2.24, 2.45) is 5.92 Å². The minimum absolute atomic E-state index is 0.0984. The van der Waals surface area contributed by atoms with E-state index in [9.17, 15) is 0 Å². The van der Waals surface area contributed by atoms with Crippen LogP contribution in [0.1, 0.15) is 19.4 Å². The van der Waals surface area contributed by atoms with Gasteiger partial charge in [0.1, 0.15) is 5.15 Å².